The van der Waals surface area contributed by atoms with E-state index in [1.165, 1.54) is 29.7 Å². The molecular formula is C11H7F2NOS. The summed E-state index contributed by atoms with van der Waals surface area (Å²) in [5, 5.41) is 0.655. The molecule has 0 saturated carbocycles. The van der Waals surface area contributed by atoms with Gasteiger partial charge in [0.15, 0.2) is 6.29 Å². The molecular weight excluding hydrogens is 232 g/mol. The van der Waals surface area contributed by atoms with Crippen molar-refractivity contribution in [1.82, 2.24) is 4.98 Å². The maximum absolute atomic E-state index is 12.3. The minimum Gasteiger partial charge on any atom is -0.297 e. The number of rotatable bonds is 3. The Labute approximate surface area is 94.6 Å². The van der Waals surface area contributed by atoms with Crippen LogP contribution in [0.5, 0.6) is 0 Å². The van der Waals surface area contributed by atoms with Crippen molar-refractivity contribution in [3.8, 4) is 10.6 Å². The van der Waals surface area contributed by atoms with E-state index in [4.69, 9.17) is 0 Å². The van der Waals surface area contributed by atoms with Gasteiger partial charge in [0.2, 0.25) is 0 Å². The number of thiazole rings is 1. The summed E-state index contributed by atoms with van der Waals surface area (Å²) < 4.78 is 24.6. The number of carbonyl (C=O) groups is 1. The fourth-order valence-corrected chi connectivity index (χ4v) is 1.98. The van der Waals surface area contributed by atoms with Crippen molar-refractivity contribution in [2.24, 2.45) is 0 Å². The van der Waals surface area contributed by atoms with Crippen LogP contribution in [0.4, 0.5) is 8.78 Å². The SMILES string of the molecule is O=Cc1cnc(-c2ccc(C(F)F)cc2)s1. The lowest BCUT2D eigenvalue weighted by atomic mass is 10.1. The number of benzene rings is 1. The van der Waals surface area contributed by atoms with E-state index in [-0.39, 0.29) is 5.56 Å². The van der Waals surface area contributed by atoms with Crippen LogP contribution in [0.25, 0.3) is 10.6 Å². The number of hydrogen-bond acceptors (Lipinski definition) is 3. The molecule has 0 spiro atoms. The van der Waals surface area contributed by atoms with Crippen LogP contribution in [-0.4, -0.2) is 11.3 Å². The molecule has 2 rings (SSSR count). The Morgan fingerprint density at radius 2 is 1.94 bits per heavy atom. The standard InChI is InChI=1S/C11H7F2NOS/c12-10(13)7-1-3-8(4-2-7)11-14-5-9(6-15)16-11/h1-6,10H. The molecule has 0 aliphatic heterocycles. The van der Waals surface area contributed by atoms with Crippen molar-refractivity contribution < 1.29 is 13.6 Å². The molecule has 1 aromatic heterocycles. The number of aldehydes is 1. The number of halogens is 2. The Morgan fingerprint density at radius 1 is 1.25 bits per heavy atom. The smallest absolute Gasteiger partial charge is 0.263 e. The zero-order valence-electron chi connectivity index (χ0n) is 8.06. The molecule has 16 heavy (non-hydrogen) atoms. The summed E-state index contributed by atoms with van der Waals surface area (Å²) in [7, 11) is 0. The van der Waals surface area contributed by atoms with Gasteiger partial charge in [-0.05, 0) is 0 Å². The first-order chi connectivity index (χ1) is 7.70. The van der Waals surface area contributed by atoms with Crippen molar-refractivity contribution in [3.05, 3.63) is 40.9 Å². The highest BCUT2D eigenvalue weighted by Crippen LogP contribution is 2.26. The van der Waals surface area contributed by atoms with Gasteiger partial charge in [-0.1, -0.05) is 24.3 Å². The van der Waals surface area contributed by atoms with Gasteiger partial charge >= 0.3 is 0 Å². The average Bonchev–Trinajstić information content (AvgIpc) is 2.77. The third-order valence-electron chi connectivity index (χ3n) is 2.05. The molecule has 1 aromatic carbocycles. The normalized spacial score (nSPS) is 10.7. The van der Waals surface area contributed by atoms with Gasteiger partial charge in [0.25, 0.3) is 6.43 Å². The molecule has 2 nitrogen and oxygen atoms in total. The van der Waals surface area contributed by atoms with E-state index in [1.807, 2.05) is 0 Å². The second-order valence-corrected chi connectivity index (χ2v) is 4.17. The van der Waals surface area contributed by atoms with E-state index < -0.39 is 6.43 Å². The first-order valence-electron chi connectivity index (χ1n) is 4.50. The molecule has 82 valence electrons. The molecule has 0 aliphatic rings. The van der Waals surface area contributed by atoms with E-state index in [0.717, 1.165) is 5.56 Å². The lowest BCUT2D eigenvalue weighted by Gasteiger charge is -2.00. The largest absolute Gasteiger partial charge is 0.297 e. The summed E-state index contributed by atoms with van der Waals surface area (Å²) in [4.78, 5) is 15.0. The van der Waals surface area contributed by atoms with Gasteiger partial charge in [0, 0.05) is 17.3 Å². The molecule has 2 aromatic rings. The van der Waals surface area contributed by atoms with Gasteiger partial charge in [-0.2, -0.15) is 0 Å². The maximum Gasteiger partial charge on any atom is 0.263 e. The van der Waals surface area contributed by atoms with Crippen LogP contribution in [-0.2, 0) is 0 Å². The highest BCUT2D eigenvalue weighted by Gasteiger charge is 2.08. The van der Waals surface area contributed by atoms with Gasteiger partial charge in [-0.15, -0.1) is 11.3 Å². The topological polar surface area (TPSA) is 30.0 Å². The minimum atomic E-state index is -2.46. The van der Waals surface area contributed by atoms with Crippen molar-refractivity contribution in [2.45, 2.75) is 6.43 Å². The van der Waals surface area contributed by atoms with Crippen LogP contribution in [0.15, 0.2) is 30.5 Å². The highest BCUT2D eigenvalue weighted by atomic mass is 32.1. The maximum atomic E-state index is 12.3. The number of alkyl halides is 2. The molecule has 1 heterocycles. The van der Waals surface area contributed by atoms with Crippen molar-refractivity contribution in [3.63, 3.8) is 0 Å². The Hall–Kier alpha value is -1.62. The number of nitrogens with zero attached hydrogens (tertiary/aromatic N) is 1. The second kappa shape index (κ2) is 4.49. The monoisotopic (exact) mass is 239 g/mol. The van der Waals surface area contributed by atoms with Gasteiger partial charge in [-0.3, -0.25) is 4.79 Å². The first kappa shape index (κ1) is 10.9. The minimum absolute atomic E-state index is 0.0177. The van der Waals surface area contributed by atoms with Crippen LogP contribution in [0.3, 0.4) is 0 Å². The fraction of sp³-hybridized carbons (Fsp3) is 0.0909. The van der Waals surface area contributed by atoms with Gasteiger partial charge in [0.1, 0.15) is 5.01 Å². The zero-order valence-corrected chi connectivity index (χ0v) is 8.88. The first-order valence-corrected chi connectivity index (χ1v) is 5.32. The van der Waals surface area contributed by atoms with Crippen LogP contribution >= 0.6 is 11.3 Å². The van der Waals surface area contributed by atoms with Crippen LogP contribution in [0.2, 0.25) is 0 Å². The van der Waals surface area contributed by atoms with Crippen LogP contribution in [0, 0.1) is 0 Å². The summed E-state index contributed by atoms with van der Waals surface area (Å²) in [6, 6.07) is 5.88. The Bertz CT molecular complexity index is 493. The molecule has 0 saturated heterocycles. The predicted octanol–water partition coefficient (Wildman–Crippen LogP) is 3.56. The van der Waals surface area contributed by atoms with Crippen LogP contribution < -0.4 is 0 Å². The quantitative estimate of drug-likeness (QED) is 0.766. The number of hydrogen-bond donors (Lipinski definition) is 0. The van der Waals surface area contributed by atoms with Crippen LogP contribution in [0.1, 0.15) is 21.7 Å². The number of carbonyl (C=O) groups excluding carboxylic acids is 1. The summed E-state index contributed by atoms with van der Waals surface area (Å²) >= 11 is 1.23. The summed E-state index contributed by atoms with van der Waals surface area (Å²) in [6.45, 7) is 0. The molecule has 0 bridgehead atoms. The van der Waals surface area contributed by atoms with Gasteiger partial charge in [0.05, 0.1) is 4.88 Å². The summed E-state index contributed by atoms with van der Waals surface area (Å²) in [5.74, 6) is 0. The summed E-state index contributed by atoms with van der Waals surface area (Å²) in [5.41, 5.74) is 0.721. The predicted molar refractivity (Wildman–Crippen MR) is 57.9 cm³/mol. The molecule has 0 aliphatic carbocycles. The average molecular weight is 239 g/mol. The van der Waals surface area contributed by atoms with Gasteiger partial charge < -0.3 is 0 Å². The molecule has 0 N–H and O–H groups in total. The number of aromatic nitrogens is 1. The molecule has 0 atom stereocenters. The lowest BCUT2D eigenvalue weighted by molar-refractivity contribution is 0.112. The van der Waals surface area contributed by atoms with E-state index in [1.54, 1.807) is 12.1 Å². The molecule has 0 amide bonds. The second-order valence-electron chi connectivity index (χ2n) is 3.11. The zero-order chi connectivity index (χ0) is 11.5. The Balaban J connectivity index is 2.30. The summed E-state index contributed by atoms with van der Waals surface area (Å²) in [6.07, 6.45) is -0.279. The van der Waals surface area contributed by atoms with Crippen molar-refractivity contribution in [1.29, 1.82) is 0 Å². The van der Waals surface area contributed by atoms with Gasteiger partial charge in [-0.25, -0.2) is 13.8 Å². The molecule has 0 radical (unpaired) electrons. The third-order valence-corrected chi connectivity index (χ3v) is 3.02. The molecule has 0 unspecified atom stereocenters. The van der Waals surface area contributed by atoms with E-state index in [2.05, 4.69) is 4.98 Å². The fourth-order valence-electron chi connectivity index (χ4n) is 1.25. The Morgan fingerprint density at radius 3 is 2.44 bits per heavy atom. The molecule has 5 heteroatoms. The van der Waals surface area contributed by atoms with Crippen molar-refractivity contribution >= 4 is 17.6 Å². The third kappa shape index (κ3) is 2.14. The van der Waals surface area contributed by atoms with E-state index in [0.29, 0.717) is 16.2 Å². The Kier molecular flexibility index (Phi) is 3.05. The van der Waals surface area contributed by atoms with E-state index >= 15 is 0 Å². The van der Waals surface area contributed by atoms with Crippen molar-refractivity contribution in [2.75, 3.05) is 0 Å². The highest BCUT2D eigenvalue weighted by molar-refractivity contribution is 7.16. The molecule has 0 fully saturated rings. The van der Waals surface area contributed by atoms with E-state index in [9.17, 15) is 13.6 Å². The lowest BCUT2D eigenvalue weighted by Crippen LogP contribution is -1.83.